The molecule has 0 radical (unpaired) electrons. The molecule has 0 spiro atoms. The van der Waals surface area contributed by atoms with Gasteiger partial charge in [-0.3, -0.25) is 9.59 Å². The Morgan fingerprint density at radius 1 is 1.43 bits per heavy atom. The minimum Gasteiger partial charge on any atom is -0.382 e. The summed E-state index contributed by atoms with van der Waals surface area (Å²) < 4.78 is 5.23. The number of carbonyl (C=O) groups is 2. The molecule has 5 heteroatoms. The molecule has 5 nitrogen and oxygen atoms in total. The number of amides is 2. The van der Waals surface area contributed by atoms with Crippen molar-refractivity contribution in [3.8, 4) is 0 Å². The first-order chi connectivity index (χ1) is 10.1. The highest BCUT2D eigenvalue weighted by molar-refractivity contribution is 6.02. The van der Waals surface area contributed by atoms with Gasteiger partial charge in [-0.15, -0.1) is 0 Å². The van der Waals surface area contributed by atoms with Crippen LogP contribution in [0.15, 0.2) is 11.1 Å². The summed E-state index contributed by atoms with van der Waals surface area (Å²) in [6.45, 7) is 3.92. The molecule has 2 aliphatic rings. The van der Waals surface area contributed by atoms with Crippen LogP contribution in [-0.4, -0.2) is 49.6 Å². The molecule has 1 saturated carbocycles. The van der Waals surface area contributed by atoms with Crippen LogP contribution in [-0.2, 0) is 14.3 Å². The van der Waals surface area contributed by atoms with Crippen LogP contribution in [0.5, 0.6) is 0 Å². The van der Waals surface area contributed by atoms with E-state index in [0.717, 1.165) is 31.3 Å². The SMILES string of the molecule is CCOCCCNC(=O)CC1=C2CCCCC2N(C)C1=O. The summed E-state index contributed by atoms with van der Waals surface area (Å²) >= 11 is 0. The quantitative estimate of drug-likeness (QED) is 0.726. The Morgan fingerprint density at radius 3 is 3.00 bits per heavy atom. The van der Waals surface area contributed by atoms with Crippen LogP contribution >= 0.6 is 0 Å². The highest BCUT2D eigenvalue weighted by Crippen LogP contribution is 2.36. The van der Waals surface area contributed by atoms with E-state index in [-0.39, 0.29) is 24.3 Å². The first kappa shape index (κ1) is 16.0. The number of ether oxygens (including phenoxy) is 1. The van der Waals surface area contributed by atoms with Gasteiger partial charge >= 0.3 is 0 Å². The zero-order chi connectivity index (χ0) is 15.2. The van der Waals surface area contributed by atoms with E-state index in [0.29, 0.717) is 19.8 Å². The standard InChI is InChI=1S/C16H26N2O3/c1-3-21-10-6-9-17-15(19)11-13-12-7-4-5-8-14(12)18(2)16(13)20/h14H,3-11H2,1-2H3,(H,17,19). The maximum Gasteiger partial charge on any atom is 0.250 e. The Labute approximate surface area is 126 Å². The van der Waals surface area contributed by atoms with E-state index < -0.39 is 0 Å². The van der Waals surface area contributed by atoms with Crippen molar-refractivity contribution in [3.63, 3.8) is 0 Å². The van der Waals surface area contributed by atoms with Crippen molar-refractivity contribution < 1.29 is 14.3 Å². The molecule has 0 saturated heterocycles. The van der Waals surface area contributed by atoms with Gasteiger partial charge in [0.2, 0.25) is 5.91 Å². The smallest absolute Gasteiger partial charge is 0.250 e. The average Bonchev–Trinajstić information content (AvgIpc) is 2.73. The van der Waals surface area contributed by atoms with Gasteiger partial charge in [0, 0.05) is 32.4 Å². The maximum absolute atomic E-state index is 12.3. The number of carbonyl (C=O) groups excluding carboxylic acids is 2. The first-order valence-corrected chi connectivity index (χ1v) is 7.98. The van der Waals surface area contributed by atoms with E-state index in [1.54, 1.807) is 0 Å². The Bertz CT molecular complexity index is 431. The van der Waals surface area contributed by atoms with E-state index in [1.807, 2.05) is 18.9 Å². The van der Waals surface area contributed by atoms with Crippen molar-refractivity contribution >= 4 is 11.8 Å². The maximum atomic E-state index is 12.3. The summed E-state index contributed by atoms with van der Waals surface area (Å²) in [5.41, 5.74) is 1.95. The number of hydrogen-bond acceptors (Lipinski definition) is 3. The average molecular weight is 294 g/mol. The monoisotopic (exact) mass is 294 g/mol. The molecule has 0 bridgehead atoms. The minimum absolute atomic E-state index is 0.0429. The fourth-order valence-electron chi connectivity index (χ4n) is 3.22. The number of rotatable bonds is 7. The van der Waals surface area contributed by atoms with Gasteiger partial charge in [-0.05, 0) is 38.2 Å². The van der Waals surface area contributed by atoms with E-state index in [2.05, 4.69) is 5.32 Å². The molecule has 1 aliphatic carbocycles. The predicted molar refractivity (Wildman–Crippen MR) is 80.8 cm³/mol. The highest BCUT2D eigenvalue weighted by Gasteiger charge is 2.38. The number of nitrogens with one attached hydrogen (secondary N) is 1. The Hall–Kier alpha value is -1.36. The Kier molecular flexibility index (Phi) is 5.79. The molecule has 2 rings (SSSR count). The van der Waals surface area contributed by atoms with Crippen LogP contribution in [0.4, 0.5) is 0 Å². The van der Waals surface area contributed by atoms with Gasteiger partial charge in [0.15, 0.2) is 0 Å². The summed E-state index contributed by atoms with van der Waals surface area (Å²) in [5, 5.41) is 2.88. The molecule has 21 heavy (non-hydrogen) atoms. The first-order valence-electron chi connectivity index (χ1n) is 7.98. The second-order valence-corrected chi connectivity index (χ2v) is 5.76. The second kappa shape index (κ2) is 7.59. The lowest BCUT2D eigenvalue weighted by Gasteiger charge is -2.26. The lowest BCUT2D eigenvalue weighted by Crippen LogP contribution is -2.33. The Morgan fingerprint density at radius 2 is 2.24 bits per heavy atom. The summed E-state index contributed by atoms with van der Waals surface area (Å²) in [6, 6.07) is 0.243. The van der Waals surface area contributed by atoms with Crippen molar-refractivity contribution in [2.24, 2.45) is 0 Å². The number of hydrogen-bond donors (Lipinski definition) is 1. The van der Waals surface area contributed by atoms with Gasteiger partial charge in [0.05, 0.1) is 12.5 Å². The van der Waals surface area contributed by atoms with Crippen LogP contribution in [0.1, 0.15) is 45.4 Å². The van der Waals surface area contributed by atoms with Crippen molar-refractivity contribution in [2.45, 2.75) is 51.5 Å². The molecule has 1 heterocycles. The molecule has 1 N–H and O–H groups in total. The zero-order valence-electron chi connectivity index (χ0n) is 13.1. The molecular weight excluding hydrogens is 268 g/mol. The molecule has 1 aliphatic heterocycles. The van der Waals surface area contributed by atoms with Gasteiger partial charge in [-0.1, -0.05) is 6.42 Å². The third kappa shape index (κ3) is 3.84. The summed E-state index contributed by atoms with van der Waals surface area (Å²) in [5.74, 6) is -0.0108. The van der Waals surface area contributed by atoms with Gasteiger partial charge < -0.3 is 15.0 Å². The van der Waals surface area contributed by atoms with E-state index in [9.17, 15) is 9.59 Å². The fraction of sp³-hybridized carbons (Fsp3) is 0.750. The highest BCUT2D eigenvalue weighted by atomic mass is 16.5. The Balaban J connectivity index is 1.86. The minimum atomic E-state index is -0.0537. The third-order valence-electron chi connectivity index (χ3n) is 4.34. The molecule has 0 aromatic rings. The normalized spacial score (nSPS) is 21.7. The number of fused-ring (bicyclic) bond motifs is 1. The van der Waals surface area contributed by atoms with E-state index in [1.165, 1.54) is 12.0 Å². The van der Waals surface area contributed by atoms with Gasteiger partial charge in [0.1, 0.15) is 0 Å². The van der Waals surface area contributed by atoms with Crippen molar-refractivity contribution in [2.75, 3.05) is 26.8 Å². The summed E-state index contributed by atoms with van der Waals surface area (Å²) in [7, 11) is 1.85. The van der Waals surface area contributed by atoms with Crippen LogP contribution in [0, 0.1) is 0 Å². The van der Waals surface area contributed by atoms with Crippen molar-refractivity contribution in [3.05, 3.63) is 11.1 Å². The molecule has 1 unspecified atom stereocenters. The van der Waals surface area contributed by atoms with Crippen LogP contribution in [0.25, 0.3) is 0 Å². The topological polar surface area (TPSA) is 58.6 Å². The molecule has 1 atom stereocenters. The third-order valence-corrected chi connectivity index (χ3v) is 4.34. The summed E-state index contributed by atoms with van der Waals surface area (Å²) in [6.07, 6.45) is 5.34. The zero-order valence-corrected chi connectivity index (χ0v) is 13.1. The summed E-state index contributed by atoms with van der Waals surface area (Å²) in [4.78, 5) is 26.1. The van der Waals surface area contributed by atoms with Gasteiger partial charge in [-0.25, -0.2) is 0 Å². The lowest BCUT2D eigenvalue weighted by molar-refractivity contribution is -0.127. The molecule has 1 fully saturated rings. The van der Waals surface area contributed by atoms with E-state index >= 15 is 0 Å². The molecule has 118 valence electrons. The fourth-order valence-corrected chi connectivity index (χ4v) is 3.22. The molecular formula is C16H26N2O3. The number of likely N-dealkylation sites (N-methyl/N-ethyl adjacent to an activating group) is 1. The lowest BCUT2D eigenvalue weighted by atomic mass is 9.88. The second-order valence-electron chi connectivity index (χ2n) is 5.76. The van der Waals surface area contributed by atoms with Gasteiger partial charge in [0.25, 0.3) is 5.91 Å². The van der Waals surface area contributed by atoms with Crippen LogP contribution in [0.2, 0.25) is 0 Å². The largest absolute Gasteiger partial charge is 0.382 e. The predicted octanol–water partition coefficient (Wildman–Crippen LogP) is 1.63. The van der Waals surface area contributed by atoms with Crippen molar-refractivity contribution in [1.29, 1.82) is 0 Å². The molecule has 0 aromatic heterocycles. The van der Waals surface area contributed by atoms with Crippen LogP contribution in [0.3, 0.4) is 0 Å². The van der Waals surface area contributed by atoms with E-state index in [4.69, 9.17) is 4.74 Å². The van der Waals surface area contributed by atoms with Crippen molar-refractivity contribution in [1.82, 2.24) is 10.2 Å². The number of nitrogens with zero attached hydrogens (tertiary/aromatic N) is 1. The molecule has 2 amide bonds. The van der Waals surface area contributed by atoms with Crippen LogP contribution < -0.4 is 5.32 Å². The molecule has 0 aromatic carbocycles. The van der Waals surface area contributed by atoms with Gasteiger partial charge in [-0.2, -0.15) is 0 Å².